The average Bonchev–Trinajstić information content (AvgIpc) is 3.21. The topological polar surface area (TPSA) is 49.4 Å². The van der Waals surface area contributed by atoms with Crippen LogP contribution in [-0.2, 0) is 17.1 Å². The Morgan fingerprint density at radius 1 is 1.00 bits per heavy atom. The van der Waals surface area contributed by atoms with Gasteiger partial charge in [0.1, 0.15) is 5.37 Å². The van der Waals surface area contributed by atoms with Crippen LogP contribution in [0.5, 0.6) is 0 Å². The number of hydrogen-bond donors (Lipinski definition) is 1. The second kappa shape index (κ2) is 12.4. The molecule has 1 aliphatic rings. The minimum atomic E-state index is -0.116. The van der Waals surface area contributed by atoms with Crippen molar-refractivity contribution >= 4 is 70.1 Å². The van der Waals surface area contributed by atoms with Gasteiger partial charge in [0.25, 0.3) is 5.91 Å². The van der Waals surface area contributed by atoms with E-state index in [4.69, 9.17) is 34.8 Å². The fourth-order valence-electron chi connectivity index (χ4n) is 3.65. The summed E-state index contributed by atoms with van der Waals surface area (Å²) in [6, 6.07) is 20.5. The minimum Gasteiger partial charge on any atom is -0.351 e. The predicted molar refractivity (Wildman–Crippen MR) is 149 cm³/mol. The van der Waals surface area contributed by atoms with Gasteiger partial charge in [0.2, 0.25) is 5.91 Å². The maximum atomic E-state index is 12.6. The molecule has 9 heteroatoms. The molecule has 0 aromatic heterocycles. The summed E-state index contributed by atoms with van der Waals surface area (Å²) < 4.78 is 0. The fourth-order valence-corrected chi connectivity index (χ4v) is 6.38. The number of thioether (sulfide) groups is 2. The zero-order valence-electron chi connectivity index (χ0n) is 18.7. The van der Waals surface area contributed by atoms with Crippen LogP contribution in [0.4, 0.5) is 0 Å². The number of carbonyl (C=O) groups is 2. The first-order valence-corrected chi connectivity index (χ1v) is 14.3. The molecule has 1 fully saturated rings. The lowest BCUT2D eigenvalue weighted by atomic mass is 10.1. The average molecular weight is 566 g/mol. The molecule has 4 nitrogen and oxygen atoms in total. The van der Waals surface area contributed by atoms with Crippen LogP contribution < -0.4 is 5.32 Å². The molecular formula is C26H23Cl3N2O2S2. The Kier molecular flexibility index (Phi) is 9.31. The number of nitrogens with zero attached hydrogens (tertiary/aromatic N) is 1. The van der Waals surface area contributed by atoms with Crippen molar-refractivity contribution in [3.63, 3.8) is 0 Å². The molecule has 0 spiro atoms. The highest BCUT2D eigenvalue weighted by Gasteiger charge is 2.32. The zero-order chi connectivity index (χ0) is 24.8. The molecule has 182 valence electrons. The quantitative estimate of drug-likeness (QED) is 0.282. The number of carbonyl (C=O) groups excluding carboxylic acids is 2. The molecule has 4 rings (SSSR count). The summed E-state index contributed by atoms with van der Waals surface area (Å²) in [6.45, 7) is 1.08. The monoisotopic (exact) mass is 564 g/mol. The normalized spacial score (nSPS) is 15.5. The van der Waals surface area contributed by atoms with Crippen molar-refractivity contribution in [1.29, 1.82) is 0 Å². The Morgan fingerprint density at radius 3 is 2.43 bits per heavy atom. The lowest BCUT2D eigenvalue weighted by molar-refractivity contribution is -0.128. The van der Waals surface area contributed by atoms with Crippen molar-refractivity contribution in [2.24, 2.45) is 0 Å². The molecule has 1 saturated heterocycles. The smallest absolute Gasteiger partial charge is 0.251 e. The molecule has 1 N–H and O–H groups in total. The first kappa shape index (κ1) is 26.2. The molecule has 2 amide bonds. The number of amides is 2. The van der Waals surface area contributed by atoms with Gasteiger partial charge >= 0.3 is 0 Å². The Balaban J connectivity index is 1.27. The van der Waals surface area contributed by atoms with E-state index in [9.17, 15) is 9.59 Å². The molecule has 3 aromatic carbocycles. The van der Waals surface area contributed by atoms with Gasteiger partial charge in [-0.3, -0.25) is 9.59 Å². The van der Waals surface area contributed by atoms with Gasteiger partial charge in [0.15, 0.2) is 0 Å². The van der Waals surface area contributed by atoms with Crippen LogP contribution in [0, 0.1) is 0 Å². The molecule has 1 atom stereocenters. The predicted octanol–water partition coefficient (Wildman–Crippen LogP) is 7.08. The molecule has 35 heavy (non-hydrogen) atoms. The van der Waals surface area contributed by atoms with Gasteiger partial charge in [-0.1, -0.05) is 65.1 Å². The van der Waals surface area contributed by atoms with Crippen LogP contribution in [-0.4, -0.2) is 34.8 Å². The van der Waals surface area contributed by atoms with Crippen molar-refractivity contribution < 1.29 is 9.59 Å². The maximum Gasteiger partial charge on any atom is 0.251 e. The van der Waals surface area contributed by atoms with Gasteiger partial charge in [0, 0.05) is 45.2 Å². The molecule has 1 aliphatic heterocycles. The summed E-state index contributed by atoms with van der Waals surface area (Å²) in [6.07, 6.45) is 0. The van der Waals surface area contributed by atoms with Crippen LogP contribution in [0.15, 0.2) is 66.7 Å². The van der Waals surface area contributed by atoms with E-state index >= 15 is 0 Å². The highest BCUT2D eigenvalue weighted by molar-refractivity contribution is 8.00. The van der Waals surface area contributed by atoms with E-state index in [0.29, 0.717) is 39.5 Å². The molecule has 0 unspecified atom stereocenters. The van der Waals surface area contributed by atoms with Gasteiger partial charge in [-0.15, -0.1) is 11.8 Å². The standard InChI is InChI=1S/C26H23Cl3N2O2S2/c27-21-8-1-17(2-9-21)14-31-24(32)16-35-26(31)19-5-3-18(4-6-19)25(33)30-11-12-34-15-20-7-10-22(28)13-23(20)29/h1-10,13,26H,11-12,14-16H2,(H,30,33)/t26-/m1/s1. The number of hydrogen-bond acceptors (Lipinski definition) is 4. The van der Waals surface area contributed by atoms with E-state index in [1.807, 2.05) is 65.6 Å². The van der Waals surface area contributed by atoms with Crippen LogP contribution >= 0.6 is 58.3 Å². The minimum absolute atomic E-state index is 0.0774. The second-order valence-electron chi connectivity index (χ2n) is 7.98. The van der Waals surface area contributed by atoms with Crippen molar-refractivity contribution in [1.82, 2.24) is 10.2 Å². The van der Waals surface area contributed by atoms with E-state index in [1.165, 1.54) is 0 Å². The van der Waals surface area contributed by atoms with Crippen molar-refractivity contribution in [2.75, 3.05) is 18.1 Å². The largest absolute Gasteiger partial charge is 0.351 e. The van der Waals surface area contributed by atoms with Gasteiger partial charge < -0.3 is 10.2 Å². The molecule has 0 aliphatic carbocycles. The lowest BCUT2D eigenvalue weighted by Gasteiger charge is -2.24. The summed E-state index contributed by atoms with van der Waals surface area (Å²) in [4.78, 5) is 26.9. The Bertz CT molecular complexity index is 1190. The lowest BCUT2D eigenvalue weighted by Crippen LogP contribution is -2.28. The fraction of sp³-hybridized carbons (Fsp3) is 0.231. The molecule has 0 saturated carbocycles. The molecular weight excluding hydrogens is 543 g/mol. The van der Waals surface area contributed by atoms with Crippen LogP contribution in [0.25, 0.3) is 0 Å². The van der Waals surface area contributed by atoms with Crippen LogP contribution in [0.1, 0.15) is 32.4 Å². The van der Waals surface area contributed by atoms with E-state index in [0.717, 1.165) is 28.2 Å². The third kappa shape index (κ3) is 7.11. The summed E-state index contributed by atoms with van der Waals surface area (Å²) in [5.41, 5.74) is 3.65. The number of halogens is 3. The van der Waals surface area contributed by atoms with E-state index in [-0.39, 0.29) is 17.2 Å². The number of benzene rings is 3. The Morgan fingerprint density at radius 2 is 1.71 bits per heavy atom. The molecule has 0 radical (unpaired) electrons. The number of rotatable bonds is 9. The summed E-state index contributed by atoms with van der Waals surface area (Å²) in [5.74, 6) is 1.96. The summed E-state index contributed by atoms with van der Waals surface area (Å²) in [5, 5.41) is 4.83. The third-order valence-electron chi connectivity index (χ3n) is 5.50. The third-order valence-corrected chi connectivity index (χ3v) is 8.60. The van der Waals surface area contributed by atoms with Crippen molar-refractivity contribution in [3.05, 3.63) is 104 Å². The van der Waals surface area contributed by atoms with Crippen molar-refractivity contribution in [3.8, 4) is 0 Å². The first-order valence-electron chi connectivity index (χ1n) is 11.0. The SMILES string of the molecule is O=C(NCCSCc1ccc(Cl)cc1Cl)c1ccc([C@H]2SCC(=O)N2Cc2ccc(Cl)cc2)cc1. The molecule has 0 bridgehead atoms. The molecule has 1 heterocycles. The van der Waals surface area contributed by atoms with Crippen LogP contribution in [0.3, 0.4) is 0 Å². The van der Waals surface area contributed by atoms with Gasteiger partial charge in [-0.05, 0) is 53.1 Å². The van der Waals surface area contributed by atoms with Crippen molar-refractivity contribution in [2.45, 2.75) is 17.7 Å². The number of nitrogens with one attached hydrogen (secondary N) is 1. The Labute approximate surface area is 228 Å². The van der Waals surface area contributed by atoms with E-state index in [1.54, 1.807) is 29.6 Å². The van der Waals surface area contributed by atoms with E-state index < -0.39 is 0 Å². The van der Waals surface area contributed by atoms with Gasteiger partial charge in [-0.2, -0.15) is 11.8 Å². The van der Waals surface area contributed by atoms with Gasteiger partial charge in [0.05, 0.1) is 5.75 Å². The highest BCUT2D eigenvalue weighted by Crippen LogP contribution is 2.39. The summed E-state index contributed by atoms with van der Waals surface area (Å²) >= 11 is 21.4. The first-order chi connectivity index (χ1) is 16.9. The maximum absolute atomic E-state index is 12.6. The Hall–Kier alpha value is -1.83. The second-order valence-corrected chi connectivity index (χ2v) is 11.4. The highest BCUT2D eigenvalue weighted by atomic mass is 35.5. The van der Waals surface area contributed by atoms with E-state index in [2.05, 4.69) is 5.32 Å². The van der Waals surface area contributed by atoms with Crippen LogP contribution in [0.2, 0.25) is 15.1 Å². The summed E-state index contributed by atoms with van der Waals surface area (Å²) in [7, 11) is 0. The zero-order valence-corrected chi connectivity index (χ0v) is 22.6. The van der Waals surface area contributed by atoms with Gasteiger partial charge in [-0.25, -0.2) is 0 Å². The molecule has 3 aromatic rings.